The molecular formula is C13H16ClNO3. The van der Waals surface area contributed by atoms with Crippen LogP contribution in [0.4, 0.5) is 0 Å². The number of Topliss-reactive ketones (excluding diaryl/α,β-unsaturated/α-hetero) is 1. The molecule has 1 aromatic carbocycles. The molecule has 1 saturated heterocycles. The zero-order valence-electron chi connectivity index (χ0n) is 10.2. The zero-order valence-corrected chi connectivity index (χ0v) is 11.0. The Morgan fingerprint density at radius 3 is 3.11 bits per heavy atom. The molecule has 0 radical (unpaired) electrons. The van der Waals surface area contributed by atoms with Crippen LogP contribution in [0.2, 0.25) is 5.02 Å². The molecule has 2 rings (SSSR count). The lowest BCUT2D eigenvalue weighted by atomic mass is 10.0. The number of carbonyl (C=O) groups excluding carboxylic acids is 1. The van der Waals surface area contributed by atoms with Gasteiger partial charge < -0.3 is 14.8 Å². The van der Waals surface area contributed by atoms with E-state index in [4.69, 9.17) is 21.1 Å². The average Bonchev–Trinajstić information content (AvgIpc) is 2.40. The van der Waals surface area contributed by atoms with Crippen molar-refractivity contribution in [3.05, 3.63) is 28.8 Å². The smallest absolute Gasteiger partial charge is 0.156 e. The zero-order chi connectivity index (χ0) is 13.0. The molecule has 0 spiro atoms. The summed E-state index contributed by atoms with van der Waals surface area (Å²) in [5, 5.41) is 3.75. The van der Waals surface area contributed by atoms with E-state index in [0.29, 0.717) is 37.0 Å². The van der Waals surface area contributed by atoms with Crippen LogP contribution in [0.3, 0.4) is 0 Å². The lowest BCUT2D eigenvalue weighted by molar-refractivity contribution is -0.123. The third-order valence-corrected chi connectivity index (χ3v) is 3.15. The Balaban J connectivity index is 2.07. The summed E-state index contributed by atoms with van der Waals surface area (Å²) in [6.07, 6.45) is 0.296. The molecule has 1 atom stereocenters. The highest BCUT2D eigenvalue weighted by atomic mass is 35.5. The fraction of sp³-hybridized carbons (Fsp3) is 0.462. The Hall–Kier alpha value is -1.10. The summed E-state index contributed by atoms with van der Waals surface area (Å²) in [7, 11) is 1.58. The van der Waals surface area contributed by atoms with Gasteiger partial charge >= 0.3 is 0 Å². The number of hydrogen-bond donors (Lipinski definition) is 1. The molecule has 5 heteroatoms. The quantitative estimate of drug-likeness (QED) is 0.899. The fourth-order valence-corrected chi connectivity index (χ4v) is 2.16. The van der Waals surface area contributed by atoms with Gasteiger partial charge in [-0.2, -0.15) is 0 Å². The Morgan fingerprint density at radius 2 is 2.44 bits per heavy atom. The normalized spacial score (nSPS) is 19.6. The fourth-order valence-electron chi connectivity index (χ4n) is 1.97. The number of hydrogen-bond acceptors (Lipinski definition) is 4. The van der Waals surface area contributed by atoms with Gasteiger partial charge in [0.1, 0.15) is 5.75 Å². The molecule has 1 heterocycles. The summed E-state index contributed by atoms with van der Waals surface area (Å²) in [5.74, 6) is 0.778. The van der Waals surface area contributed by atoms with Crippen molar-refractivity contribution < 1.29 is 14.3 Å². The number of ether oxygens (including phenoxy) is 2. The van der Waals surface area contributed by atoms with Crippen molar-refractivity contribution in [3.8, 4) is 5.75 Å². The Morgan fingerprint density at radius 1 is 1.61 bits per heavy atom. The molecule has 1 unspecified atom stereocenters. The number of ketones is 1. The number of rotatable bonds is 4. The van der Waals surface area contributed by atoms with Crippen molar-refractivity contribution in [2.24, 2.45) is 0 Å². The topological polar surface area (TPSA) is 47.6 Å². The Kier molecular flexibility index (Phi) is 4.58. The average molecular weight is 270 g/mol. The first-order chi connectivity index (χ1) is 8.70. The first-order valence-electron chi connectivity index (χ1n) is 5.87. The minimum atomic E-state index is -0.234. The van der Waals surface area contributed by atoms with Gasteiger partial charge in [-0.05, 0) is 18.2 Å². The van der Waals surface area contributed by atoms with Crippen LogP contribution in [0.15, 0.2) is 18.2 Å². The highest BCUT2D eigenvalue weighted by molar-refractivity contribution is 6.30. The standard InChI is InChI=1S/C13H16ClNO3/c1-17-13-3-2-10(14)6-9(13)7-12(16)11-8-18-5-4-15-11/h2-3,6,11,15H,4-5,7-8H2,1H3. The maximum absolute atomic E-state index is 12.1. The maximum Gasteiger partial charge on any atom is 0.156 e. The van der Waals surface area contributed by atoms with Crippen LogP contribution in [-0.4, -0.2) is 38.7 Å². The van der Waals surface area contributed by atoms with E-state index in [1.165, 1.54) is 0 Å². The summed E-state index contributed by atoms with van der Waals surface area (Å²) in [6.45, 7) is 1.80. The SMILES string of the molecule is COc1ccc(Cl)cc1CC(=O)C1COCCN1. The van der Waals surface area contributed by atoms with E-state index in [2.05, 4.69) is 5.32 Å². The van der Waals surface area contributed by atoms with Crippen LogP contribution in [-0.2, 0) is 16.0 Å². The van der Waals surface area contributed by atoms with Gasteiger partial charge in [-0.3, -0.25) is 4.79 Å². The van der Waals surface area contributed by atoms with Gasteiger partial charge in [-0.25, -0.2) is 0 Å². The summed E-state index contributed by atoms with van der Waals surface area (Å²) in [5.41, 5.74) is 0.808. The molecule has 0 aromatic heterocycles. The summed E-state index contributed by atoms with van der Waals surface area (Å²) >= 11 is 5.94. The lowest BCUT2D eigenvalue weighted by Crippen LogP contribution is -2.47. The van der Waals surface area contributed by atoms with Gasteiger partial charge in [0.15, 0.2) is 5.78 Å². The van der Waals surface area contributed by atoms with Crippen LogP contribution in [0, 0.1) is 0 Å². The predicted octanol–water partition coefficient (Wildman–Crippen LogP) is 1.45. The molecule has 0 amide bonds. The molecule has 1 fully saturated rings. The van der Waals surface area contributed by atoms with E-state index >= 15 is 0 Å². The molecule has 0 saturated carbocycles. The highest BCUT2D eigenvalue weighted by Gasteiger charge is 2.22. The van der Waals surface area contributed by atoms with Crippen molar-refractivity contribution in [2.45, 2.75) is 12.5 Å². The van der Waals surface area contributed by atoms with E-state index in [0.717, 1.165) is 5.56 Å². The van der Waals surface area contributed by atoms with Gasteiger partial charge in [0, 0.05) is 23.6 Å². The van der Waals surface area contributed by atoms with Crippen LogP contribution >= 0.6 is 11.6 Å². The minimum absolute atomic E-state index is 0.0928. The molecule has 1 N–H and O–H groups in total. The molecule has 1 aliphatic heterocycles. The molecule has 98 valence electrons. The van der Waals surface area contributed by atoms with E-state index in [1.54, 1.807) is 25.3 Å². The molecular weight excluding hydrogens is 254 g/mol. The lowest BCUT2D eigenvalue weighted by Gasteiger charge is -2.22. The van der Waals surface area contributed by atoms with Crippen LogP contribution < -0.4 is 10.1 Å². The molecule has 0 aliphatic carbocycles. The number of halogens is 1. The van der Waals surface area contributed by atoms with Gasteiger partial charge in [-0.1, -0.05) is 11.6 Å². The second-order valence-corrected chi connectivity index (χ2v) is 4.62. The van der Waals surface area contributed by atoms with Crippen LogP contribution in [0.1, 0.15) is 5.56 Å². The maximum atomic E-state index is 12.1. The Bertz CT molecular complexity index is 430. The first kappa shape index (κ1) is 13.3. The van der Waals surface area contributed by atoms with Crippen molar-refractivity contribution in [1.82, 2.24) is 5.32 Å². The number of benzene rings is 1. The number of morpholine rings is 1. The van der Waals surface area contributed by atoms with Crippen LogP contribution in [0.5, 0.6) is 5.75 Å². The number of nitrogens with one attached hydrogen (secondary N) is 1. The van der Waals surface area contributed by atoms with E-state index < -0.39 is 0 Å². The van der Waals surface area contributed by atoms with Crippen molar-refractivity contribution in [3.63, 3.8) is 0 Å². The van der Waals surface area contributed by atoms with E-state index in [9.17, 15) is 4.79 Å². The van der Waals surface area contributed by atoms with Gasteiger partial charge in [0.05, 0.1) is 26.4 Å². The highest BCUT2D eigenvalue weighted by Crippen LogP contribution is 2.23. The van der Waals surface area contributed by atoms with Crippen molar-refractivity contribution in [2.75, 3.05) is 26.9 Å². The Labute approximate surface area is 111 Å². The second kappa shape index (κ2) is 6.18. The van der Waals surface area contributed by atoms with Gasteiger partial charge in [-0.15, -0.1) is 0 Å². The molecule has 0 bridgehead atoms. The van der Waals surface area contributed by atoms with Crippen molar-refractivity contribution >= 4 is 17.4 Å². The molecule has 18 heavy (non-hydrogen) atoms. The van der Waals surface area contributed by atoms with E-state index in [1.807, 2.05) is 0 Å². The van der Waals surface area contributed by atoms with Crippen LogP contribution in [0.25, 0.3) is 0 Å². The molecule has 1 aromatic rings. The summed E-state index contributed by atoms with van der Waals surface area (Å²) in [4.78, 5) is 12.1. The minimum Gasteiger partial charge on any atom is -0.496 e. The van der Waals surface area contributed by atoms with Gasteiger partial charge in [0.25, 0.3) is 0 Å². The third-order valence-electron chi connectivity index (χ3n) is 2.92. The van der Waals surface area contributed by atoms with Gasteiger partial charge in [0.2, 0.25) is 0 Å². The first-order valence-corrected chi connectivity index (χ1v) is 6.25. The monoisotopic (exact) mass is 269 g/mol. The molecule has 1 aliphatic rings. The predicted molar refractivity (Wildman–Crippen MR) is 69.3 cm³/mol. The molecule has 4 nitrogen and oxygen atoms in total. The van der Waals surface area contributed by atoms with E-state index in [-0.39, 0.29) is 11.8 Å². The number of carbonyl (C=O) groups is 1. The van der Waals surface area contributed by atoms with Crippen molar-refractivity contribution in [1.29, 1.82) is 0 Å². The third kappa shape index (κ3) is 3.22. The largest absolute Gasteiger partial charge is 0.496 e. The summed E-state index contributed by atoms with van der Waals surface area (Å²) in [6, 6.07) is 5.05. The second-order valence-electron chi connectivity index (χ2n) is 4.18. The number of methoxy groups -OCH3 is 1. The summed E-state index contributed by atoms with van der Waals surface area (Å²) < 4.78 is 10.5.